The van der Waals surface area contributed by atoms with Crippen LogP contribution in [0.15, 0.2) is 53.6 Å². The van der Waals surface area contributed by atoms with E-state index in [0.717, 1.165) is 28.3 Å². The molecule has 9 nitrogen and oxygen atoms in total. The van der Waals surface area contributed by atoms with E-state index in [9.17, 15) is 23.3 Å². The Balaban J connectivity index is 1.29. The van der Waals surface area contributed by atoms with Crippen LogP contribution in [0.5, 0.6) is 0 Å². The first kappa shape index (κ1) is 25.4. The molecule has 1 amide bonds. The number of rotatable bonds is 8. The van der Waals surface area contributed by atoms with Crippen LogP contribution in [0.3, 0.4) is 0 Å². The lowest BCUT2D eigenvalue weighted by atomic mass is 9.48. The maximum Gasteiger partial charge on any atom is 0.270 e. The molecule has 0 spiro atoms. The fraction of sp³-hybridized carbons (Fsp3) is 0.481. The van der Waals surface area contributed by atoms with Gasteiger partial charge in [0.25, 0.3) is 11.6 Å². The molecule has 196 valence electrons. The summed E-state index contributed by atoms with van der Waals surface area (Å²) in [5.74, 6) is 1.83. The Morgan fingerprint density at radius 3 is 2.22 bits per heavy atom. The molecule has 10 heteroatoms. The van der Waals surface area contributed by atoms with Gasteiger partial charge in [-0.05, 0) is 86.3 Å². The van der Waals surface area contributed by atoms with Crippen molar-refractivity contribution >= 4 is 33.0 Å². The van der Waals surface area contributed by atoms with Crippen LogP contribution in [0.2, 0.25) is 0 Å². The van der Waals surface area contributed by atoms with Gasteiger partial charge in [-0.3, -0.25) is 19.2 Å². The van der Waals surface area contributed by atoms with Gasteiger partial charge in [0, 0.05) is 17.7 Å². The number of benzene rings is 2. The highest BCUT2D eigenvalue weighted by Gasteiger charge is 2.51. The number of carbonyl (C=O) groups excluding carboxylic acids is 1. The Labute approximate surface area is 217 Å². The molecule has 2 aromatic carbocycles. The topological polar surface area (TPSA) is 122 Å². The van der Waals surface area contributed by atoms with Crippen LogP contribution in [-0.2, 0) is 20.2 Å². The molecule has 4 fully saturated rings. The van der Waals surface area contributed by atoms with Crippen molar-refractivity contribution in [3.63, 3.8) is 0 Å². The van der Waals surface area contributed by atoms with Crippen molar-refractivity contribution in [2.24, 2.45) is 22.9 Å². The first-order valence-electron chi connectivity index (χ1n) is 12.7. The number of sulfonamides is 1. The van der Waals surface area contributed by atoms with Gasteiger partial charge in [-0.1, -0.05) is 24.3 Å². The van der Waals surface area contributed by atoms with Crippen molar-refractivity contribution in [1.29, 1.82) is 0 Å². The summed E-state index contributed by atoms with van der Waals surface area (Å²) in [4.78, 5) is 23.1. The quantitative estimate of drug-likeness (QED) is 0.312. The molecule has 2 aromatic rings. The first-order valence-corrected chi connectivity index (χ1v) is 14.5. The zero-order valence-electron chi connectivity index (χ0n) is 21.1. The van der Waals surface area contributed by atoms with Crippen LogP contribution in [0.4, 0.5) is 11.4 Å². The van der Waals surface area contributed by atoms with Crippen LogP contribution >= 0.6 is 0 Å². The standard InChI is InChI=1S/C27H32N4O5S/c1-18(22-4-3-5-25(13-22)31(33)34)28-29-26(32)17-30(37(2,35)36)24-8-6-23(7-9-24)27-14-19-10-20(15-27)12-21(11-19)16-27/h3-9,13,19-21H,10-12,14-17H2,1-2H3,(H,29,32)/b28-18-. The summed E-state index contributed by atoms with van der Waals surface area (Å²) in [5.41, 5.74) is 5.06. The number of carbonyl (C=O) groups is 1. The third kappa shape index (κ3) is 5.25. The van der Waals surface area contributed by atoms with Crippen LogP contribution < -0.4 is 9.73 Å². The number of hydrogen-bond acceptors (Lipinski definition) is 6. The van der Waals surface area contributed by atoms with E-state index in [-0.39, 0.29) is 11.1 Å². The zero-order valence-corrected chi connectivity index (χ0v) is 21.9. The molecule has 1 N–H and O–H groups in total. The molecule has 0 radical (unpaired) electrons. The first-order chi connectivity index (χ1) is 17.5. The molecule has 4 bridgehead atoms. The molecule has 37 heavy (non-hydrogen) atoms. The van der Waals surface area contributed by atoms with Gasteiger partial charge in [-0.15, -0.1) is 0 Å². The van der Waals surface area contributed by atoms with Gasteiger partial charge in [0.1, 0.15) is 6.54 Å². The highest BCUT2D eigenvalue weighted by molar-refractivity contribution is 7.92. The normalized spacial score (nSPS) is 26.6. The summed E-state index contributed by atoms with van der Waals surface area (Å²) >= 11 is 0. The van der Waals surface area contributed by atoms with Crippen molar-refractivity contribution in [1.82, 2.24) is 5.43 Å². The number of nitrogens with one attached hydrogen (secondary N) is 1. The van der Waals surface area contributed by atoms with Crippen molar-refractivity contribution < 1.29 is 18.1 Å². The minimum Gasteiger partial charge on any atom is -0.271 e. The van der Waals surface area contributed by atoms with Crippen molar-refractivity contribution in [3.05, 3.63) is 69.8 Å². The summed E-state index contributed by atoms with van der Waals surface area (Å²) in [6.07, 6.45) is 8.81. The molecule has 0 heterocycles. The van der Waals surface area contributed by atoms with E-state index in [4.69, 9.17) is 0 Å². The number of amides is 1. The molecule has 4 aliphatic carbocycles. The molecule has 0 atom stereocenters. The zero-order chi connectivity index (χ0) is 26.4. The van der Waals surface area contributed by atoms with Crippen molar-refractivity contribution in [2.75, 3.05) is 17.1 Å². The minimum atomic E-state index is -3.73. The number of nitro benzene ring substituents is 1. The molecule has 0 aromatic heterocycles. The number of hydrogen-bond donors (Lipinski definition) is 1. The molecule has 0 unspecified atom stereocenters. The maximum atomic E-state index is 12.6. The largest absolute Gasteiger partial charge is 0.271 e. The lowest BCUT2D eigenvalue weighted by molar-refractivity contribution is -0.384. The van der Waals surface area contributed by atoms with Crippen LogP contribution in [0.25, 0.3) is 0 Å². The number of non-ortho nitro benzene ring substituents is 1. The summed E-state index contributed by atoms with van der Waals surface area (Å²) in [5, 5.41) is 15.0. The minimum absolute atomic E-state index is 0.0846. The Hall–Kier alpha value is -3.27. The van der Waals surface area contributed by atoms with Gasteiger partial charge in [0.15, 0.2) is 0 Å². The van der Waals surface area contributed by atoms with E-state index in [1.165, 1.54) is 62.3 Å². The Morgan fingerprint density at radius 2 is 1.68 bits per heavy atom. The number of nitrogens with zero attached hydrogens (tertiary/aromatic N) is 3. The Morgan fingerprint density at radius 1 is 1.08 bits per heavy atom. The highest BCUT2D eigenvalue weighted by Crippen LogP contribution is 2.60. The predicted molar refractivity (Wildman–Crippen MR) is 142 cm³/mol. The third-order valence-electron chi connectivity index (χ3n) is 8.32. The van der Waals surface area contributed by atoms with E-state index in [1.54, 1.807) is 25.1 Å². The van der Waals surface area contributed by atoms with E-state index < -0.39 is 27.4 Å². The molecule has 0 saturated heterocycles. The maximum absolute atomic E-state index is 12.6. The molecule has 4 saturated carbocycles. The van der Waals surface area contributed by atoms with Gasteiger partial charge < -0.3 is 0 Å². The van der Waals surface area contributed by atoms with E-state index >= 15 is 0 Å². The van der Waals surface area contributed by atoms with Crippen molar-refractivity contribution in [3.8, 4) is 0 Å². The van der Waals surface area contributed by atoms with E-state index in [2.05, 4.69) is 10.5 Å². The predicted octanol–water partition coefficient (Wildman–Crippen LogP) is 4.37. The summed E-state index contributed by atoms with van der Waals surface area (Å²) < 4.78 is 26.2. The fourth-order valence-corrected chi connectivity index (χ4v) is 7.92. The Kier molecular flexibility index (Phi) is 6.55. The van der Waals surface area contributed by atoms with Crippen LogP contribution in [0.1, 0.15) is 56.6 Å². The van der Waals surface area contributed by atoms with Gasteiger partial charge in [0.05, 0.1) is 22.6 Å². The number of nitro groups is 1. The van der Waals surface area contributed by atoms with E-state index in [1.807, 2.05) is 12.1 Å². The second kappa shape index (κ2) is 9.55. The van der Waals surface area contributed by atoms with Gasteiger partial charge in [-0.2, -0.15) is 5.10 Å². The second-order valence-electron chi connectivity index (χ2n) is 11.1. The van der Waals surface area contributed by atoms with E-state index in [0.29, 0.717) is 17.0 Å². The molecule has 4 aliphatic rings. The Bertz CT molecular complexity index is 1320. The highest BCUT2D eigenvalue weighted by atomic mass is 32.2. The van der Waals surface area contributed by atoms with Crippen LogP contribution in [-0.4, -0.2) is 37.8 Å². The van der Waals surface area contributed by atoms with Gasteiger partial charge >= 0.3 is 0 Å². The van der Waals surface area contributed by atoms with Gasteiger partial charge in [0.2, 0.25) is 10.0 Å². The number of anilines is 1. The molecular formula is C27H32N4O5S. The van der Waals surface area contributed by atoms with Crippen molar-refractivity contribution in [2.45, 2.75) is 50.9 Å². The SMILES string of the molecule is C/C(=N/NC(=O)CN(c1ccc(C23CC4CC(CC(C4)C2)C3)cc1)S(C)(=O)=O)c1cccc([N+](=O)[O-])c1. The molecule has 0 aliphatic heterocycles. The monoisotopic (exact) mass is 524 g/mol. The summed E-state index contributed by atoms with van der Waals surface area (Å²) in [6, 6.07) is 13.6. The lowest BCUT2D eigenvalue weighted by Gasteiger charge is -2.57. The second-order valence-corrected chi connectivity index (χ2v) is 13.0. The summed E-state index contributed by atoms with van der Waals surface area (Å²) in [7, 11) is -3.73. The molecular weight excluding hydrogens is 492 g/mol. The summed E-state index contributed by atoms with van der Waals surface area (Å²) in [6.45, 7) is 1.18. The fourth-order valence-electron chi connectivity index (χ4n) is 7.07. The lowest BCUT2D eigenvalue weighted by Crippen LogP contribution is -2.48. The number of hydrazone groups is 1. The average Bonchev–Trinajstić information content (AvgIpc) is 2.84. The smallest absolute Gasteiger partial charge is 0.270 e. The average molecular weight is 525 g/mol. The third-order valence-corrected chi connectivity index (χ3v) is 9.46. The van der Waals surface area contributed by atoms with Crippen LogP contribution in [0, 0.1) is 27.9 Å². The van der Waals surface area contributed by atoms with Gasteiger partial charge in [-0.25, -0.2) is 13.8 Å². The molecule has 6 rings (SSSR count).